The highest BCUT2D eigenvalue weighted by molar-refractivity contribution is 5.44. The van der Waals surface area contributed by atoms with Gasteiger partial charge in [0.05, 0.1) is 5.52 Å². The average molecular weight is 922 g/mol. The third-order valence-corrected chi connectivity index (χ3v) is 4.28. The lowest BCUT2D eigenvalue weighted by Gasteiger charge is -2.05. The first-order valence-corrected chi connectivity index (χ1v) is 24.7. The molecule has 0 amide bonds. The van der Waals surface area contributed by atoms with E-state index in [0.717, 1.165) is 23.3 Å². The molecule has 0 atom stereocenters. The third-order valence-electron chi connectivity index (χ3n) is 4.28. The minimum atomic E-state index is -0.0532. The molecule has 0 radical (unpaired) electrons. The van der Waals surface area contributed by atoms with E-state index in [-0.39, 0.29) is 5.56 Å². The van der Waals surface area contributed by atoms with Gasteiger partial charge in [0.15, 0.2) is 0 Å². The number of nitrogens with zero attached hydrogens (tertiary/aromatic N) is 7. The Labute approximate surface area is 410 Å². The van der Waals surface area contributed by atoms with E-state index in [4.69, 9.17) is 0 Å². The van der Waals surface area contributed by atoms with Crippen molar-refractivity contribution in [2.24, 2.45) is 23.2 Å². The zero-order valence-corrected chi connectivity index (χ0v) is 48.0. The monoisotopic (exact) mass is 921 g/mol. The van der Waals surface area contributed by atoms with Gasteiger partial charge in [0.25, 0.3) is 0 Å². The Morgan fingerprint density at radius 3 is 1.08 bits per heavy atom. The summed E-state index contributed by atoms with van der Waals surface area (Å²) in [4.78, 5) is 24.3. The summed E-state index contributed by atoms with van der Waals surface area (Å²) in [6, 6.07) is 22.2. The molecular weight excluding hydrogens is 813 g/mol. The SMILES string of the molecule is CC.CC.CC.CC.CC.CC.CC(C)(C)C.CC(C)C.CC(C)C.CC(C)C.CC(C)c1cncnc1.O=c1cccc[nH]1.c1ccn2nccc2c1.c1ccncc1.c1ccnnc1. The van der Waals surface area contributed by atoms with Crippen LogP contribution in [-0.4, -0.2) is 39.7 Å². The lowest BCUT2D eigenvalue weighted by molar-refractivity contribution is 0.469. The van der Waals surface area contributed by atoms with Gasteiger partial charge in [0, 0.05) is 61.8 Å². The number of rotatable bonds is 1. The molecule has 66 heavy (non-hydrogen) atoms. The van der Waals surface area contributed by atoms with E-state index in [9.17, 15) is 4.79 Å². The summed E-state index contributed by atoms with van der Waals surface area (Å²) in [5.41, 5.74) is 2.78. The molecule has 6 aromatic heterocycles. The minimum Gasteiger partial charge on any atom is -0.329 e. The lowest BCUT2D eigenvalue weighted by atomic mass is 10.0. The van der Waals surface area contributed by atoms with Crippen molar-refractivity contribution in [2.45, 2.75) is 193 Å². The van der Waals surface area contributed by atoms with Crippen molar-refractivity contribution in [3.63, 3.8) is 0 Å². The highest BCUT2D eigenvalue weighted by Gasteiger charge is 1.96. The summed E-state index contributed by atoms with van der Waals surface area (Å²) < 4.78 is 1.83. The van der Waals surface area contributed by atoms with Crippen LogP contribution in [0.1, 0.15) is 198 Å². The first-order chi connectivity index (χ1) is 31.4. The topological polar surface area (TPSA) is 115 Å². The maximum absolute atomic E-state index is 10.2. The van der Waals surface area contributed by atoms with Gasteiger partial charge in [-0.05, 0) is 83.2 Å². The molecule has 0 spiro atoms. The van der Waals surface area contributed by atoms with Gasteiger partial charge < -0.3 is 4.98 Å². The highest BCUT2D eigenvalue weighted by Crippen LogP contribution is 2.09. The van der Waals surface area contributed by atoms with Crippen LogP contribution >= 0.6 is 0 Å². The number of hydrogen-bond donors (Lipinski definition) is 1. The first kappa shape index (κ1) is 81.2. The van der Waals surface area contributed by atoms with Crippen molar-refractivity contribution in [2.75, 3.05) is 0 Å². The van der Waals surface area contributed by atoms with Gasteiger partial charge in [-0.1, -0.05) is 205 Å². The van der Waals surface area contributed by atoms with E-state index >= 15 is 0 Å². The molecule has 0 aliphatic carbocycles. The van der Waals surface area contributed by atoms with Crippen LogP contribution in [0.4, 0.5) is 0 Å². The van der Waals surface area contributed by atoms with Crippen LogP contribution in [-0.2, 0) is 0 Å². The van der Waals surface area contributed by atoms with Crippen LogP contribution in [0.5, 0.6) is 0 Å². The molecule has 0 bridgehead atoms. The molecule has 0 aliphatic rings. The highest BCUT2D eigenvalue weighted by atomic mass is 16.1. The van der Waals surface area contributed by atoms with E-state index < -0.39 is 0 Å². The fourth-order valence-corrected chi connectivity index (χ4v) is 2.42. The fourth-order valence-electron chi connectivity index (χ4n) is 2.42. The van der Waals surface area contributed by atoms with Gasteiger partial charge in [-0.2, -0.15) is 15.3 Å². The van der Waals surface area contributed by atoms with E-state index in [0.29, 0.717) is 11.3 Å². The van der Waals surface area contributed by atoms with Crippen LogP contribution < -0.4 is 5.56 Å². The Morgan fingerprint density at radius 1 is 0.470 bits per heavy atom. The van der Waals surface area contributed by atoms with Crippen LogP contribution in [0.25, 0.3) is 5.52 Å². The second kappa shape index (κ2) is 71.6. The molecule has 6 heterocycles. The van der Waals surface area contributed by atoms with Crippen molar-refractivity contribution in [3.8, 4) is 0 Å². The molecule has 0 saturated carbocycles. The first-order valence-electron chi connectivity index (χ1n) is 24.7. The summed E-state index contributed by atoms with van der Waals surface area (Å²) in [6.45, 7) is 56.5. The number of nitrogens with one attached hydrogen (secondary N) is 1. The van der Waals surface area contributed by atoms with E-state index in [2.05, 4.69) is 139 Å². The Hall–Kier alpha value is -5.05. The maximum atomic E-state index is 10.2. The van der Waals surface area contributed by atoms with Crippen LogP contribution in [0, 0.1) is 23.2 Å². The molecule has 9 heteroatoms. The molecule has 1 N–H and O–H groups in total. The lowest BCUT2D eigenvalue weighted by Crippen LogP contribution is -1.98. The molecule has 0 aliphatic heterocycles. The van der Waals surface area contributed by atoms with Crippen LogP contribution in [0.2, 0.25) is 0 Å². The smallest absolute Gasteiger partial charge is 0.247 e. The molecule has 0 saturated heterocycles. The number of aromatic amines is 1. The molecule has 0 aromatic carbocycles. The zero-order valence-electron chi connectivity index (χ0n) is 48.0. The van der Waals surface area contributed by atoms with Crippen LogP contribution in [0.15, 0.2) is 140 Å². The van der Waals surface area contributed by atoms with Gasteiger partial charge in [0.1, 0.15) is 6.33 Å². The minimum absolute atomic E-state index is 0.0532. The number of pyridine rings is 3. The Kier molecular flexibility index (Phi) is 88.0. The molecule has 0 unspecified atom stereocenters. The van der Waals surface area contributed by atoms with E-state index in [1.807, 2.05) is 161 Å². The summed E-state index contributed by atoms with van der Waals surface area (Å²) in [7, 11) is 0. The number of fused-ring (bicyclic) bond motifs is 1. The van der Waals surface area contributed by atoms with Crippen molar-refractivity contribution < 1.29 is 0 Å². The number of hydrogen-bond acceptors (Lipinski definition) is 7. The number of H-pyrrole nitrogens is 1. The van der Waals surface area contributed by atoms with E-state index in [1.54, 1.807) is 55.6 Å². The second-order valence-corrected chi connectivity index (χ2v) is 15.6. The van der Waals surface area contributed by atoms with Gasteiger partial charge >= 0.3 is 0 Å². The molecule has 6 rings (SSSR count). The third kappa shape index (κ3) is 102. The van der Waals surface area contributed by atoms with Crippen LogP contribution in [0.3, 0.4) is 0 Å². The van der Waals surface area contributed by atoms with Crippen molar-refractivity contribution in [3.05, 3.63) is 151 Å². The summed E-state index contributed by atoms with van der Waals surface area (Å²) >= 11 is 0. The Balaban J connectivity index is -0.0000000779. The predicted molar refractivity (Wildman–Crippen MR) is 299 cm³/mol. The fraction of sp³-hybridized carbons (Fsp3) is 0.561. The van der Waals surface area contributed by atoms with Gasteiger partial charge in [-0.25, -0.2) is 14.5 Å². The summed E-state index contributed by atoms with van der Waals surface area (Å²) in [6.07, 6.45) is 17.3. The van der Waals surface area contributed by atoms with Crippen molar-refractivity contribution >= 4 is 5.52 Å². The standard InChI is InChI=1S/C7H6N2.C7H10N2.C5H5NO.C5H5N.C5H12.C4H4N2.3C4H10.6C2H6/c1-2-6-9-7(3-1)4-5-8-9;1-6(2)7-3-8-5-9-4-7;7-5-3-1-2-4-6-5;1-2-4-6-5-3-1;1-5(2,3)4;1-2-4-6-5-3-1;3*1-4(2)3;6*1-2/h1-6H;3-6H,1-2H3;1-4H,(H,6,7);1-5H;1-4H3;1-4H;3*4H,1-3H3;6*1-2H3. The molecule has 0 fully saturated rings. The Bertz CT molecular complexity index is 1460. The van der Waals surface area contributed by atoms with E-state index in [1.165, 1.54) is 11.6 Å². The normalized spacial score (nSPS) is 8.23. The summed E-state index contributed by atoms with van der Waals surface area (Å²) in [5, 5.41) is 11.1. The predicted octanol–water partition coefficient (Wildman–Crippen LogP) is 18.1. The Morgan fingerprint density at radius 2 is 0.848 bits per heavy atom. The van der Waals surface area contributed by atoms with Crippen molar-refractivity contribution in [1.82, 2.24) is 39.7 Å². The summed E-state index contributed by atoms with van der Waals surface area (Å²) in [5.74, 6) is 3.03. The number of aromatic nitrogens is 8. The molecular formula is C57H108N8O. The molecule has 9 nitrogen and oxygen atoms in total. The quantitative estimate of drug-likeness (QED) is 0.175. The molecule has 382 valence electrons. The largest absolute Gasteiger partial charge is 0.329 e. The van der Waals surface area contributed by atoms with Gasteiger partial charge in [-0.3, -0.25) is 9.78 Å². The van der Waals surface area contributed by atoms with Gasteiger partial charge in [0.2, 0.25) is 5.56 Å². The van der Waals surface area contributed by atoms with Gasteiger partial charge in [-0.15, -0.1) is 0 Å². The maximum Gasteiger partial charge on any atom is 0.247 e. The zero-order chi connectivity index (χ0) is 53.6. The molecule has 6 aromatic rings. The van der Waals surface area contributed by atoms with Crippen molar-refractivity contribution in [1.29, 1.82) is 0 Å². The average Bonchev–Trinajstić information content (AvgIpc) is 3.81. The second-order valence-electron chi connectivity index (χ2n) is 15.6.